The zero-order valence-corrected chi connectivity index (χ0v) is 12.8. The number of benzene rings is 1. The standard InChI is InChI=1S/C11H12BrN5O2S/c12-10-8(2-1-3-9(10)13)11-14-15-16-17(11)7-4-5-20(18,19)6-7/h1-3,7H,4-6,13H2. The van der Waals surface area contributed by atoms with Gasteiger partial charge in [-0.1, -0.05) is 6.07 Å². The predicted molar refractivity (Wildman–Crippen MR) is 77.7 cm³/mol. The van der Waals surface area contributed by atoms with Crippen molar-refractivity contribution in [2.45, 2.75) is 12.5 Å². The molecule has 1 saturated heterocycles. The maximum atomic E-state index is 11.6. The zero-order valence-electron chi connectivity index (χ0n) is 10.4. The number of nitrogens with two attached hydrogens (primary N) is 1. The van der Waals surface area contributed by atoms with Gasteiger partial charge in [-0.2, -0.15) is 0 Å². The summed E-state index contributed by atoms with van der Waals surface area (Å²) in [6, 6.07) is 5.19. The summed E-state index contributed by atoms with van der Waals surface area (Å²) in [6.45, 7) is 0. The number of anilines is 1. The molecule has 1 aliphatic rings. The van der Waals surface area contributed by atoms with Crippen LogP contribution in [0, 0.1) is 0 Å². The number of hydrogen-bond donors (Lipinski definition) is 1. The molecule has 0 bridgehead atoms. The van der Waals surface area contributed by atoms with Crippen LogP contribution in [0.1, 0.15) is 12.5 Å². The Hall–Kier alpha value is -1.48. The molecule has 0 amide bonds. The first-order valence-electron chi connectivity index (χ1n) is 6.00. The van der Waals surface area contributed by atoms with Crippen LogP contribution in [0.2, 0.25) is 0 Å². The van der Waals surface area contributed by atoms with Crippen LogP contribution in [0.25, 0.3) is 11.4 Å². The normalized spacial score (nSPS) is 21.1. The van der Waals surface area contributed by atoms with Crippen LogP contribution in [0.5, 0.6) is 0 Å². The van der Waals surface area contributed by atoms with Gasteiger partial charge in [0.05, 0.1) is 22.0 Å². The molecule has 2 N–H and O–H groups in total. The molecule has 1 aromatic heterocycles. The molecule has 20 heavy (non-hydrogen) atoms. The lowest BCUT2D eigenvalue weighted by atomic mass is 10.1. The van der Waals surface area contributed by atoms with Crippen LogP contribution in [0.3, 0.4) is 0 Å². The van der Waals surface area contributed by atoms with E-state index in [0.717, 1.165) is 5.56 Å². The molecule has 1 aromatic carbocycles. The molecule has 1 unspecified atom stereocenters. The first-order valence-corrected chi connectivity index (χ1v) is 8.62. The lowest BCUT2D eigenvalue weighted by Crippen LogP contribution is -2.14. The molecule has 0 aliphatic carbocycles. The smallest absolute Gasteiger partial charge is 0.183 e. The molecule has 106 valence electrons. The third-order valence-corrected chi connectivity index (χ3v) is 5.95. The summed E-state index contributed by atoms with van der Waals surface area (Å²) in [7, 11) is -2.99. The molecule has 1 aliphatic heterocycles. The Morgan fingerprint density at radius 3 is 2.90 bits per heavy atom. The number of halogens is 1. The summed E-state index contributed by atoms with van der Waals surface area (Å²) in [5.74, 6) is 0.770. The molecule has 7 nitrogen and oxygen atoms in total. The number of sulfone groups is 1. The van der Waals surface area contributed by atoms with Gasteiger partial charge in [0, 0.05) is 11.3 Å². The maximum Gasteiger partial charge on any atom is 0.183 e. The van der Waals surface area contributed by atoms with Gasteiger partial charge in [-0.3, -0.25) is 0 Å². The van der Waals surface area contributed by atoms with Crippen molar-refractivity contribution >= 4 is 31.5 Å². The highest BCUT2D eigenvalue weighted by Gasteiger charge is 2.32. The van der Waals surface area contributed by atoms with Crippen LogP contribution >= 0.6 is 15.9 Å². The van der Waals surface area contributed by atoms with Crippen LogP contribution in [0.4, 0.5) is 5.69 Å². The first kappa shape index (κ1) is 13.5. The monoisotopic (exact) mass is 357 g/mol. The fourth-order valence-corrected chi connectivity index (χ4v) is 4.44. The summed E-state index contributed by atoms with van der Waals surface area (Å²) in [6.07, 6.45) is 0.528. The van der Waals surface area contributed by atoms with Crippen molar-refractivity contribution in [3.63, 3.8) is 0 Å². The van der Waals surface area contributed by atoms with E-state index in [9.17, 15) is 8.42 Å². The lowest BCUT2D eigenvalue weighted by Gasteiger charge is -2.11. The van der Waals surface area contributed by atoms with Crippen molar-refractivity contribution in [1.82, 2.24) is 20.2 Å². The number of tetrazole rings is 1. The molecule has 2 heterocycles. The zero-order chi connectivity index (χ0) is 14.3. The Labute approximate surface area is 124 Å². The van der Waals surface area contributed by atoms with Crippen molar-refractivity contribution < 1.29 is 8.42 Å². The minimum Gasteiger partial charge on any atom is -0.398 e. The average Bonchev–Trinajstić information content (AvgIpc) is 2.99. The van der Waals surface area contributed by atoms with E-state index in [-0.39, 0.29) is 17.5 Å². The fourth-order valence-electron chi connectivity index (χ4n) is 2.31. The molecule has 0 spiro atoms. The topological polar surface area (TPSA) is 104 Å². The fraction of sp³-hybridized carbons (Fsp3) is 0.364. The van der Waals surface area contributed by atoms with Crippen LogP contribution < -0.4 is 5.73 Å². The third kappa shape index (κ3) is 2.31. The van der Waals surface area contributed by atoms with Crippen LogP contribution in [-0.4, -0.2) is 40.1 Å². The van der Waals surface area contributed by atoms with Crippen molar-refractivity contribution in [2.75, 3.05) is 17.2 Å². The molecule has 1 atom stereocenters. The second-order valence-electron chi connectivity index (χ2n) is 4.71. The van der Waals surface area contributed by atoms with E-state index in [4.69, 9.17) is 5.73 Å². The average molecular weight is 358 g/mol. The first-order chi connectivity index (χ1) is 9.48. The second-order valence-corrected chi connectivity index (χ2v) is 7.73. The predicted octanol–water partition coefficient (Wildman–Crippen LogP) is 1.04. The Kier molecular flexibility index (Phi) is 3.25. The minimum absolute atomic E-state index is 0.0744. The Balaban J connectivity index is 2.05. The van der Waals surface area contributed by atoms with Crippen molar-refractivity contribution in [2.24, 2.45) is 0 Å². The Morgan fingerprint density at radius 1 is 1.40 bits per heavy atom. The molecular formula is C11H12BrN5O2S. The van der Waals surface area contributed by atoms with Crippen LogP contribution in [0.15, 0.2) is 22.7 Å². The number of nitrogen functional groups attached to an aromatic ring is 1. The summed E-state index contributed by atoms with van der Waals surface area (Å²) in [5, 5.41) is 11.6. The number of rotatable bonds is 2. The highest BCUT2D eigenvalue weighted by atomic mass is 79.9. The van der Waals surface area contributed by atoms with Crippen LogP contribution in [-0.2, 0) is 9.84 Å². The third-order valence-electron chi connectivity index (χ3n) is 3.32. The van der Waals surface area contributed by atoms with Gasteiger partial charge in [0.15, 0.2) is 15.7 Å². The number of aromatic nitrogens is 4. The maximum absolute atomic E-state index is 11.6. The molecule has 2 aromatic rings. The Morgan fingerprint density at radius 2 is 2.20 bits per heavy atom. The molecule has 3 rings (SSSR count). The summed E-state index contributed by atoms with van der Waals surface area (Å²) >= 11 is 3.41. The summed E-state index contributed by atoms with van der Waals surface area (Å²) in [4.78, 5) is 0. The van der Waals surface area contributed by atoms with Gasteiger partial charge in [-0.15, -0.1) is 5.10 Å². The molecule has 0 radical (unpaired) electrons. The van der Waals surface area contributed by atoms with Crippen molar-refractivity contribution in [3.05, 3.63) is 22.7 Å². The van der Waals surface area contributed by atoms with Gasteiger partial charge in [-0.25, -0.2) is 13.1 Å². The van der Waals surface area contributed by atoms with E-state index >= 15 is 0 Å². The SMILES string of the molecule is Nc1cccc(-c2nnnn2C2CCS(=O)(=O)C2)c1Br. The largest absolute Gasteiger partial charge is 0.398 e. The van der Waals surface area contributed by atoms with E-state index in [1.54, 1.807) is 16.8 Å². The molecule has 0 saturated carbocycles. The van der Waals surface area contributed by atoms with E-state index in [1.807, 2.05) is 6.07 Å². The second kappa shape index (κ2) is 4.81. The van der Waals surface area contributed by atoms with Gasteiger partial charge >= 0.3 is 0 Å². The highest BCUT2D eigenvalue weighted by Crippen LogP contribution is 2.33. The highest BCUT2D eigenvalue weighted by molar-refractivity contribution is 9.10. The minimum atomic E-state index is -2.99. The molecule has 1 fully saturated rings. The number of hydrogen-bond acceptors (Lipinski definition) is 6. The summed E-state index contributed by atoms with van der Waals surface area (Å²) < 4.78 is 25.5. The Bertz CT molecular complexity index is 758. The quantitative estimate of drug-likeness (QED) is 0.805. The van der Waals surface area contributed by atoms with E-state index < -0.39 is 9.84 Å². The lowest BCUT2D eigenvalue weighted by molar-refractivity contribution is 0.489. The van der Waals surface area contributed by atoms with E-state index in [1.165, 1.54) is 0 Å². The van der Waals surface area contributed by atoms with E-state index in [2.05, 4.69) is 31.5 Å². The van der Waals surface area contributed by atoms with Gasteiger partial charge in [0.2, 0.25) is 0 Å². The number of nitrogens with zero attached hydrogens (tertiary/aromatic N) is 4. The van der Waals surface area contributed by atoms with Gasteiger partial charge in [0.1, 0.15) is 0 Å². The van der Waals surface area contributed by atoms with Crippen molar-refractivity contribution in [1.29, 1.82) is 0 Å². The summed E-state index contributed by atoms with van der Waals surface area (Å²) in [5.41, 5.74) is 7.18. The van der Waals surface area contributed by atoms with Gasteiger partial charge in [0.25, 0.3) is 0 Å². The van der Waals surface area contributed by atoms with Gasteiger partial charge < -0.3 is 5.73 Å². The van der Waals surface area contributed by atoms with E-state index in [0.29, 0.717) is 22.4 Å². The van der Waals surface area contributed by atoms with Gasteiger partial charge in [-0.05, 0) is 44.9 Å². The molecular weight excluding hydrogens is 346 g/mol. The van der Waals surface area contributed by atoms with Crippen molar-refractivity contribution in [3.8, 4) is 11.4 Å². The molecule has 9 heteroatoms.